The van der Waals surface area contributed by atoms with Crippen LogP contribution in [-0.4, -0.2) is 44.7 Å². The van der Waals surface area contributed by atoms with Gasteiger partial charge in [0.1, 0.15) is 0 Å². The minimum Gasteiger partial charge on any atom is -0.389 e. The summed E-state index contributed by atoms with van der Waals surface area (Å²) in [7, 11) is 0. The van der Waals surface area contributed by atoms with Crippen LogP contribution in [0.15, 0.2) is 16.8 Å². The minimum absolute atomic E-state index is 0.162. The van der Waals surface area contributed by atoms with Crippen LogP contribution in [0.5, 0.6) is 0 Å². The maximum Gasteiger partial charge on any atom is 0.257 e. The normalized spacial score (nSPS) is 11.8. The highest BCUT2D eigenvalue weighted by molar-refractivity contribution is 5.97. The first-order chi connectivity index (χ1) is 9.31. The topological polar surface area (TPSA) is 79.5 Å². The van der Waals surface area contributed by atoms with Crippen molar-refractivity contribution in [1.82, 2.24) is 15.0 Å². The number of aliphatic hydroxyl groups is 1. The molecule has 0 atom stereocenters. The van der Waals surface area contributed by atoms with Gasteiger partial charge in [0.05, 0.1) is 22.2 Å². The molecular formula is C14H19N3O3. The summed E-state index contributed by atoms with van der Waals surface area (Å²) in [4.78, 5) is 18.1. The number of aromatic nitrogens is 2. The Hall–Kier alpha value is -1.95. The van der Waals surface area contributed by atoms with Gasteiger partial charge in [-0.3, -0.25) is 4.79 Å². The molecular weight excluding hydrogens is 258 g/mol. The first-order valence-corrected chi connectivity index (χ1v) is 6.55. The maximum absolute atomic E-state index is 12.5. The predicted molar refractivity (Wildman–Crippen MR) is 74.4 cm³/mol. The smallest absolute Gasteiger partial charge is 0.257 e. The lowest BCUT2D eigenvalue weighted by Crippen LogP contribution is -2.42. The third-order valence-corrected chi connectivity index (χ3v) is 3.00. The van der Waals surface area contributed by atoms with Crippen LogP contribution in [0.25, 0.3) is 11.1 Å². The molecule has 2 heterocycles. The fourth-order valence-electron chi connectivity index (χ4n) is 2.04. The van der Waals surface area contributed by atoms with Gasteiger partial charge < -0.3 is 14.5 Å². The Morgan fingerprint density at radius 2 is 2.20 bits per heavy atom. The van der Waals surface area contributed by atoms with Crippen molar-refractivity contribution in [2.24, 2.45) is 0 Å². The summed E-state index contributed by atoms with van der Waals surface area (Å²) in [5, 5.41) is 14.4. The van der Waals surface area contributed by atoms with Crippen LogP contribution < -0.4 is 0 Å². The summed E-state index contributed by atoms with van der Waals surface area (Å²) in [6, 6.07) is 1.73. The molecule has 2 aromatic heterocycles. The van der Waals surface area contributed by atoms with Crippen LogP contribution in [0.2, 0.25) is 0 Å². The van der Waals surface area contributed by atoms with Crippen LogP contribution in [0.1, 0.15) is 36.8 Å². The van der Waals surface area contributed by atoms with Gasteiger partial charge in [0.2, 0.25) is 0 Å². The Morgan fingerprint density at radius 3 is 2.80 bits per heavy atom. The molecule has 2 aromatic rings. The summed E-state index contributed by atoms with van der Waals surface area (Å²) < 4.78 is 5.02. The molecule has 0 saturated carbocycles. The lowest BCUT2D eigenvalue weighted by molar-refractivity contribution is 0.0314. The van der Waals surface area contributed by atoms with E-state index >= 15 is 0 Å². The number of hydrogen-bond donors (Lipinski definition) is 1. The largest absolute Gasteiger partial charge is 0.389 e. The summed E-state index contributed by atoms with van der Waals surface area (Å²) in [5.74, 6) is -0.162. The Labute approximate surface area is 117 Å². The number of likely N-dealkylation sites (N-methyl/N-ethyl adjacent to an activating group) is 1. The number of aryl methyl sites for hydroxylation is 1. The average Bonchev–Trinajstić information content (AvgIpc) is 2.75. The van der Waals surface area contributed by atoms with Gasteiger partial charge in [-0.1, -0.05) is 5.16 Å². The zero-order chi connectivity index (χ0) is 14.9. The van der Waals surface area contributed by atoms with E-state index in [0.29, 0.717) is 23.5 Å². The molecule has 2 rings (SSSR count). The number of pyridine rings is 1. The van der Waals surface area contributed by atoms with Gasteiger partial charge in [0, 0.05) is 19.3 Å². The van der Waals surface area contributed by atoms with E-state index < -0.39 is 5.60 Å². The molecule has 20 heavy (non-hydrogen) atoms. The zero-order valence-corrected chi connectivity index (χ0v) is 12.2. The minimum atomic E-state index is -0.934. The number of carbonyl (C=O) groups excluding carboxylic acids is 1. The van der Waals surface area contributed by atoms with Crippen molar-refractivity contribution in [3.8, 4) is 0 Å². The van der Waals surface area contributed by atoms with Gasteiger partial charge in [-0.15, -0.1) is 0 Å². The van der Waals surface area contributed by atoms with Gasteiger partial charge in [-0.2, -0.15) is 0 Å². The van der Waals surface area contributed by atoms with Crippen molar-refractivity contribution in [3.63, 3.8) is 0 Å². The van der Waals surface area contributed by atoms with Gasteiger partial charge >= 0.3 is 0 Å². The van der Waals surface area contributed by atoms with Crippen molar-refractivity contribution < 1.29 is 14.4 Å². The first-order valence-electron chi connectivity index (χ1n) is 6.55. The maximum atomic E-state index is 12.5. The second-order valence-corrected chi connectivity index (χ2v) is 5.48. The molecule has 0 spiro atoms. The van der Waals surface area contributed by atoms with E-state index in [0.717, 1.165) is 5.39 Å². The molecule has 0 unspecified atom stereocenters. The number of carbonyl (C=O) groups is 1. The molecule has 1 amide bonds. The van der Waals surface area contributed by atoms with Crippen molar-refractivity contribution in [2.45, 2.75) is 33.3 Å². The van der Waals surface area contributed by atoms with Crippen molar-refractivity contribution in [1.29, 1.82) is 0 Å². The van der Waals surface area contributed by atoms with Gasteiger partial charge in [0.25, 0.3) is 11.6 Å². The van der Waals surface area contributed by atoms with E-state index in [4.69, 9.17) is 4.52 Å². The molecule has 0 saturated heterocycles. The Bertz CT molecular complexity index is 628. The number of hydrogen-bond acceptors (Lipinski definition) is 5. The molecule has 6 nitrogen and oxygen atoms in total. The fraction of sp³-hybridized carbons (Fsp3) is 0.500. The molecule has 0 radical (unpaired) electrons. The monoisotopic (exact) mass is 277 g/mol. The van der Waals surface area contributed by atoms with E-state index in [-0.39, 0.29) is 12.5 Å². The molecule has 0 aliphatic rings. The number of nitrogens with zero attached hydrogens (tertiary/aromatic N) is 3. The van der Waals surface area contributed by atoms with Crippen LogP contribution in [0, 0.1) is 6.92 Å². The highest BCUT2D eigenvalue weighted by Gasteiger charge is 2.23. The Morgan fingerprint density at radius 1 is 1.50 bits per heavy atom. The third-order valence-electron chi connectivity index (χ3n) is 3.00. The van der Waals surface area contributed by atoms with Crippen LogP contribution in [0.4, 0.5) is 0 Å². The van der Waals surface area contributed by atoms with Gasteiger partial charge in [0.15, 0.2) is 0 Å². The van der Waals surface area contributed by atoms with E-state index in [1.807, 2.05) is 6.92 Å². The molecule has 1 N–H and O–H groups in total. The molecule has 6 heteroatoms. The fourth-order valence-corrected chi connectivity index (χ4v) is 2.04. The standard InChI is InChI=1S/C14H19N3O3/c1-5-17(8-14(3,4)19)13(18)10-6-11-9(2)16-20-12(11)15-7-10/h6-7,19H,5,8H2,1-4H3. The second kappa shape index (κ2) is 5.20. The van der Waals surface area contributed by atoms with E-state index in [2.05, 4.69) is 10.1 Å². The predicted octanol–water partition coefficient (Wildman–Crippen LogP) is 1.76. The highest BCUT2D eigenvalue weighted by Crippen LogP contribution is 2.18. The van der Waals surface area contributed by atoms with Crippen LogP contribution >= 0.6 is 0 Å². The van der Waals surface area contributed by atoms with Crippen molar-refractivity contribution in [2.75, 3.05) is 13.1 Å². The molecule has 0 aliphatic heterocycles. The molecule has 0 aromatic carbocycles. The number of rotatable bonds is 4. The third kappa shape index (κ3) is 2.96. The summed E-state index contributed by atoms with van der Waals surface area (Å²) in [5.41, 5.74) is 0.656. The molecule has 0 fully saturated rings. The summed E-state index contributed by atoms with van der Waals surface area (Å²) >= 11 is 0. The SMILES string of the molecule is CCN(CC(C)(C)O)C(=O)c1cnc2onc(C)c2c1. The van der Waals surface area contributed by atoms with Crippen LogP contribution in [-0.2, 0) is 0 Å². The lowest BCUT2D eigenvalue weighted by Gasteiger charge is -2.28. The Balaban J connectivity index is 2.31. The molecule has 0 aliphatic carbocycles. The molecule has 108 valence electrons. The van der Waals surface area contributed by atoms with Gasteiger partial charge in [-0.25, -0.2) is 4.98 Å². The van der Waals surface area contributed by atoms with E-state index in [9.17, 15) is 9.90 Å². The summed E-state index contributed by atoms with van der Waals surface area (Å²) in [6.07, 6.45) is 1.47. The van der Waals surface area contributed by atoms with E-state index in [1.165, 1.54) is 6.20 Å². The van der Waals surface area contributed by atoms with E-state index in [1.54, 1.807) is 31.7 Å². The second-order valence-electron chi connectivity index (χ2n) is 5.48. The zero-order valence-electron chi connectivity index (χ0n) is 12.2. The van der Waals surface area contributed by atoms with Crippen molar-refractivity contribution >= 4 is 17.0 Å². The average molecular weight is 277 g/mol. The van der Waals surface area contributed by atoms with Crippen molar-refractivity contribution in [3.05, 3.63) is 23.5 Å². The highest BCUT2D eigenvalue weighted by atomic mass is 16.5. The quantitative estimate of drug-likeness (QED) is 0.921. The van der Waals surface area contributed by atoms with Gasteiger partial charge in [-0.05, 0) is 33.8 Å². The van der Waals surface area contributed by atoms with Crippen LogP contribution in [0.3, 0.4) is 0 Å². The number of fused-ring (bicyclic) bond motifs is 1. The number of amides is 1. The Kier molecular flexibility index (Phi) is 3.76. The first kappa shape index (κ1) is 14.5. The summed E-state index contributed by atoms with van der Waals surface area (Å²) in [6.45, 7) is 7.81. The lowest BCUT2D eigenvalue weighted by atomic mass is 10.1. The molecule has 0 bridgehead atoms.